The molecule has 5 heteroatoms. The molecule has 1 aromatic heterocycles. The number of hydrogen-bond donors (Lipinski definition) is 1. The minimum absolute atomic E-state index is 0.0200. The van der Waals surface area contributed by atoms with E-state index in [0.717, 1.165) is 18.8 Å². The molecule has 0 aliphatic rings. The lowest BCUT2D eigenvalue weighted by Crippen LogP contribution is -2.38. The molecule has 19 heavy (non-hydrogen) atoms. The van der Waals surface area contributed by atoms with Crippen LogP contribution >= 0.6 is 0 Å². The topological polar surface area (TPSA) is 54.5 Å². The van der Waals surface area contributed by atoms with Crippen molar-refractivity contribution in [2.24, 2.45) is 0 Å². The highest BCUT2D eigenvalue weighted by atomic mass is 16.5. The van der Waals surface area contributed by atoms with E-state index in [-0.39, 0.29) is 11.9 Å². The molecule has 0 aromatic carbocycles. The van der Waals surface area contributed by atoms with E-state index in [1.807, 2.05) is 19.1 Å². The number of likely N-dealkylation sites (N-methyl/N-ethyl adjacent to an activating group) is 1. The standard InChI is InChI=1S/C14H23N3O2/c1-5-9-15-13-8-6-7-12(16-13)14(18)17(3)11(2)10-19-4/h6-8,11H,5,9-10H2,1-4H3,(H,15,16). The minimum atomic E-state index is -0.0929. The zero-order valence-electron chi connectivity index (χ0n) is 12.1. The molecule has 106 valence electrons. The third kappa shape index (κ3) is 4.52. The van der Waals surface area contributed by atoms with Crippen LogP contribution in [0, 0.1) is 0 Å². The van der Waals surface area contributed by atoms with E-state index in [1.54, 1.807) is 25.1 Å². The first-order valence-corrected chi connectivity index (χ1v) is 6.57. The summed E-state index contributed by atoms with van der Waals surface area (Å²) in [5.74, 6) is 0.644. The number of pyridine rings is 1. The van der Waals surface area contributed by atoms with Crippen molar-refractivity contribution >= 4 is 11.7 Å². The average molecular weight is 265 g/mol. The van der Waals surface area contributed by atoms with Gasteiger partial charge in [-0.3, -0.25) is 4.79 Å². The van der Waals surface area contributed by atoms with E-state index in [9.17, 15) is 4.79 Å². The Morgan fingerprint density at radius 3 is 2.89 bits per heavy atom. The quantitative estimate of drug-likeness (QED) is 0.819. The first-order chi connectivity index (χ1) is 9.10. The first-order valence-electron chi connectivity index (χ1n) is 6.57. The van der Waals surface area contributed by atoms with Crippen molar-refractivity contribution in [2.45, 2.75) is 26.3 Å². The van der Waals surface area contributed by atoms with Crippen molar-refractivity contribution < 1.29 is 9.53 Å². The Balaban J connectivity index is 2.75. The van der Waals surface area contributed by atoms with E-state index in [0.29, 0.717) is 12.3 Å². The van der Waals surface area contributed by atoms with Gasteiger partial charge in [0.05, 0.1) is 12.6 Å². The molecule has 1 aromatic rings. The van der Waals surface area contributed by atoms with Gasteiger partial charge in [-0.25, -0.2) is 4.98 Å². The number of rotatable bonds is 7. The fourth-order valence-corrected chi connectivity index (χ4v) is 1.64. The second kappa shape index (κ2) is 7.74. The summed E-state index contributed by atoms with van der Waals surface area (Å²) in [6, 6.07) is 5.46. The fraction of sp³-hybridized carbons (Fsp3) is 0.571. The Bertz CT molecular complexity index is 409. The van der Waals surface area contributed by atoms with Gasteiger partial charge in [0.15, 0.2) is 0 Å². The Hall–Kier alpha value is -1.62. The zero-order chi connectivity index (χ0) is 14.3. The Kier molecular flexibility index (Phi) is 6.29. The number of methoxy groups -OCH3 is 1. The van der Waals surface area contributed by atoms with Crippen LogP contribution in [0.15, 0.2) is 18.2 Å². The van der Waals surface area contributed by atoms with E-state index >= 15 is 0 Å². The molecule has 0 radical (unpaired) electrons. The molecular formula is C14H23N3O2. The van der Waals surface area contributed by atoms with E-state index in [1.165, 1.54) is 0 Å². The second-order valence-electron chi connectivity index (χ2n) is 4.56. The molecule has 0 bridgehead atoms. The van der Waals surface area contributed by atoms with Crippen molar-refractivity contribution in [1.82, 2.24) is 9.88 Å². The Morgan fingerprint density at radius 1 is 1.53 bits per heavy atom. The first kappa shape index (κ1) is 15.4. The number of carbonyl (C=O) groups is 1. The number of nitrogens with zero attached hydrogens (tertiary/aromatic N) is 2. The van der Waals surface area contributed by atoms with Gasteiger partial charge in [-0.2, -0.15) is 0 Å². The molecule has 0 spiro atoms. The summed E-state index contributed by atoms with van der Waals surface area (Å²) < 4.78 is 5.06. The molecule has 5 nitrogen and oxygen atoms in total. The highest BCUT2D eigenvalue weighted by molar-refractivity contribution is 5.92. The number of ether oxygens (including phenoxy) is 1. The van der Waals surface area contributed by atoms with Crippen LogP contribution < -0.4 is 5.32 Å². The SMILES string of the molecule is CCCNc1cccc(C(=O)N(C)C(C)COC)n1. The fourth-order valence-electron chi connectivity index (χ4n) is 1.64. The summed E-state index contributed by atoms with van der Waals surface area (Å²) in [7, 11) is 3.39. The third-order valence-electron chi connectivity index (χ3n) is 2.91. The zero-order valence-corrected chi connectivity index (χ0v) is 12.1. The van der Waals surface area contributed by atoms with Crippen molar-refractivity contribution in [3.05, 3.63) is 23.9 Å². The maximum Gasteiger partial charge on any atom is 0.272 e. The normalized spacial score (nSPS) is 12.0. The van der Waals surface area contributed by atoms with Crippen LogP contribution in [0.25, 0.3) is 0 Å². The molecule has 0 aliphatic carbocycles. The predicted octanol–water partition coefficient (Wildman–Crippen LogP) is 2.01. The molecule has 0 saturated heterocycles. The number of aromatic nitrogens is 1. The molecule has 1 N–H and O–H groups in total. The maximum atomic E-state index is 12.3. The van der Waals surface area contributed by atoms with Crippen LogP contribution in [0.3, 0.4) is 0 Å². The van der Waals surface area contributed by atoms with Gasteiger partial charge in [0.25, 0.3) is 5.91 Å². The molecule has 1 heterocycles. The number of amides is 1. The maximum absolute atomic E-state index is 12.3. The van der Waals surface area contributed by atoms with Crippen LogP contribution in [0.4, 0.5) is 5.82 Å². The lowest BCUT2D eigenvalue weighted by molar-refractivity contribution is 0.0628. The largest absolute Gasteiger partial charge is 0.383 e. The van der Waals surface area contributed by atoms with Gasteiger partial charge in [0.1, 0.15) is 11.5 Å². The van der Waals surface area contributed by atoms with Crippen molar-refractivity contribution in [3.63, 3.8) is 0 Å². The highest BCUT2D eigenvalue weighted by Gasteiger charge is 2.18. The van der Waals surface area contributed by atoms with Crippen LogP contribution in [0.2, 0.25) is 0 Å². The molecule has 1 unspecified atom stereocenters. The van der Waals surface area contributed by atoms with Gasteiger partial charge < -0.3 is 15.0 Å². The van der Waals surface area contributed by atoms with E-state index < -0.39 is 0 Å². The Labute approximate surface area is 115 Å². The molecule has 0 aliphatic heterocycles. The smallest absolute Gasteiger partial charge is 0.272 e. The van der Waals surface area contributed by atoms with Gasteiger partial charge in [0, 0.05) is 20.7 Å². The average Bonchev–Trinajstić information content (AvgIpc) is 2.44. The van der Waals surface area contributed by atoms with Crippen molar-refractivity contribution in [1.29, 1.82) is 0 Å². The summed E-state index contributed by atoms with van der Waals surface area (Å²) in [5, 5.41) is 3.18. The Morgan fingerprint density at radius 2 is 2.26 bits per heavy atom. The number of nitrogens with one attached hydrogen (secondary N) is 1. The van der Waals surface area contributed by atoms with E-state index in [4.69, 9.17) is 4.74 Å². The van der Waals surface area contributed by atoms with Gasteiger partial charge in [-0.15, -0.1) is 0 Å². The van der Waals surface area contributed by atoms with E-state index in [2.05, 4.69) is 17.2 Å². The van der Waals surface area contributed by atoms with Gasteiger partial charge in [0.2, 0.25) is 0 Å². The summed E-state index contributed by atoms with van der Waals surface area (Å²) >= 11 is 0. The van der Waals surface area contributed by atoms with Gasteiger partial charge in [-0.1, -0.05) is 13.0 Å². The lowest BCUT2D eigenvalue weighted by atomic mass is 10.2. The number of carbonyl (C=O) groups excluding carboxylic acids is 1. The second-order valence-corrected chi connectivity index (χ2v) is 4.56. The molecular weight excluding hydrogens is 242 g/mol. The number of anilines is 1. The van der Waals surface area contributed by atoms with Crippen LogP contribution in [-0.4, -0.2) is 49.1 Å². The molecule has 1 rings (SSSR count). The van der Waals surface area contributed by atoms with Crippen molar-refractivity contribution in [3.8, 4) is 0 Å². The monoisotopic (exact) mass is 265 g/mol. The van der Waals surface area contributed by atoms with Crippen LogP contribution in [-0.2, 0) is 4.74 Å². The van der Waals surface area contributed by atoms with Crippen LogP contribution in [0.1, 0.15) is 30.8 Å². The summed E-state index contributed by atoms with van der Waals surface area (Å²) in [5.41, 5.74) is 0.451. The van der Waals surface area contributed by atoms with Crippen molar-refractivity contribution in [2.75, 3.05) is 32.6 Å². The summed E-state index contributed by atoms with van der Waals surface area (Å²) in [6.07, 6.45) is 1.02. The molecule has 1 amide bonds. The summed E-state index contributed by atoms with van der Waals surface area (Å²) in [6.45, 7) is 5.39. The highest BCUT2D eigenvalue weighted by Crippen LogP contribution is 2.09. The van der Waals surface area contributed by atoms with Crippen LogP contribution in [0.5, 0.6) is 0 Å². The van der Waals surface area contributed by atoms with Gasteiger partial charge in [-0.05, 0) is 25.5 Å². The summed E-state index contributed by atoms with van der Waals surface area (Å²) in [4.78, 5) is 18.2. The molecule has 0 saturated carbocycles. The molecule has 1 atom stereocenters. The number of hydrogen-bond acceptors (Lipinski definition) is 4. The third-order valence-corrected chi connectivity index (χ3v) is 2.91. The van der Waals surface area contributed by atoms with Gasteiger partial charge >= 0.3 is 0 Å². The lowest BCUT2D eigenvalue weighted by Gasteiger charge is -2.24. The molecule has 0 fully saturated rings. The predicted molar refractivity (Wildman–Crippen MR) is 76.4 cm³/mol. The minimum Gasteiger partial charge on any atom is -0.383 e.